The highest BCUT2D eigenvalue weighted by molar-refractivity contribution is 5.85. The zero-order valence-electron chi connectivity index (χ0n) is 13.8. The zero-order valence-corrected chi connectivity index (χ0v) is 13.8. The molecule has 1 N–H and O–H groups in total. The molecule has 2 amide bonds. The molecule has 0 unspecified atom stereocenters. The average molecular weight is 346 g/mol. The van der Waals surface area contributed by atoms with E-state index in [0.717, 1.165) is 12.1 Å². The molecule has 0 saturated heterocycles. The van der Waals surface area contributed by atoms with Gasteiger partial charge in [0.1, 0.15) is 5.75 Å². The molecule has 0 aromatic heterocycles. The Morgan fingerprint density at radius 3 is 2.42 bits per heavy atom. The number of ether oxygens (including phenoxy) is 1. The van der Waals surface area contributed by atoms with E-state index in [1.54, 1.807) is 20.8 Å². The van der Waals surface area contributed by atoms with E-state index < -0.39 is 30.0 Å². The molecule has 0 radical (unpaired) electrons. The Morgan fingerprint density at radius 2 is 1.88 bits per heavy atom. The van der Waals surface area contributed by atoms with Gasteiger partial charge in [0.05, 0.1) is 12.1 Å². The number of carbonyl (C=O) groups is 2. The fourth-order valence-electron chi connectivity index (χ4n) is 1.97. The number of nitrogens with zero attached hydrogens (tertiary/aromatic N) is 1. The van der Waals surface area contributed by atoms with Gasteiger partial charge in [-0.15, -0.1) is 0 Å². The third kappa shape index (κ3) is 6.10. The Balaban J connectivity index is 2.69. The average Bonchev–Trinajstić information content (AvgIpc) is 2.49. The topological polar surface area (TPSA) is 58.6 Å². The van der Waals surface area contributed by atoms with Crippen LogP contribution in [0.4, 0.5) is 13.2 Å². The van der Waals surface area contributed by atoms with Gasteiger partial charge in [0.15, 0.2) is 6.61 Å². The van der Waals surface area contributed by atoms with Gasteiger partial charge in [-0.2, -0.15) is 13.2 Å². The van der Waals surface area contributed by atoms with Gasteiger partial charge >= 0.3 is 6.18 Å². The fourth-order valence-corrected chi connectivity index (χ4v) is 1.97. The van der Waals surface area contributed by atoms with Gasteiger partial charge in [-0.05, 0) is 32.9 Å². The number of hydrogen-bond acceptors (Lipinski definition) is 3. The quantitative estimate of drug-likeness (QED) is 0.825. The van der Waals surface area contributed by atoms with Gasteiger partial charge in [0.2, 0.25) is 5.91 Å². The third-order valence-corrected chi connectivity index (χ3v) is 3.06. The van der Waals surface area contributed by atoms with E-state index in [2.05, 4.69) is 5.32 Å². The summed E-state index contributed by atoms with van der Waals surface area (Å²) in [5.41, 5.74) is -0.946. The predicted octanol–water partition coefficient (Wildman–Crippen LogP) is 2.46. The number of hydrogen-bond donors (Lipinski definition) is 1. The summed E-state index contributed by atoms with van der Waals surface area (Å²) in [6.07, 6.45) is -4.57. The van der Waals surface area contributed by atoms with Crippen LogP contribution < -0.4 is 10.1 Å². The SMILES string of the molecule is CCN(CC(=O)NC(C)C)C(=O)COc1ccccc1C(F)(F)F. The molecule has 0 aliphatic rings. The van der Waals surface area contributed by atoms with Crippen molar-refractivity contribution in [3.63, 3.8) is 0 Å². The van der Waals surface area contributed by atoms with Crippen molar-refractivity contribution in [2.24, 2.45) is 0 Å². The lowest BCUT2D eigenvalue weighted by molar-refractivity contribution is -0.141. The Morgan fingerprint density at radius 1 is 1.25 bits per heavy atom. The number of carbonyl (C=O) groups excluding carboxylic acids is 2. The Bertz CT molecular complexity index is 574. The van der Waals surface area contributed by atoms with E-state index in [1.165, 1.54) is 17.0 Å². The highest BCUT2D eigenvalue weighted by Gasteiger charge is 2.34. The second-order valence-electron chi connectivity index (χ2n) is 5.41. The number of amides is 2. The molecule has 1 aromatic carbocycles. The van der Waals surface area contributed by atoms with E-state index in [-0.39, 0.29) is 25.0 Å². The maximum atomic E-state index is 12.9. The summed E-state index contributed by atoms with van der Waals surface area (Å²) >= 11 is 0. The van der Waals surface area contributed by atoms with E-state index in [9.17, 15) is 22.8 Å². The van der Waals surface area contributed by atoms with Crippen LogP contribution in [0.3, 0.4) is 0 Å². The lowest BCUT2D eigenvalue weighted by Gasteiger charge is -2.21. The highest BCUT2D eigenvalue weighted by atomic mass is 19.4. The minimum Gasteiger partial charge on any atom is -0.483 e. The van der Waals surface area contributed by atoms with Crippen molar-refractivity contribution in [2.45, 2.75) is 33.0 Å². The first-order chi connectivity index (χ1) is 11.1. The van der Waals surface area contributed by atoms with Crippen LogP contribution in [0.25, 0.3) is 0 Å². The summed E-state index contributed by atoms with van der Waals surface area (Å²) in [4.78, 5) is 25.0. The van der Waals surface area contributed by atoms with Crippen molar-refractivity contribution in [1.29, 1.82) is 0 Å². The van der Waals surface area contributed by atoms with Gasteiger partial charge < -0.3 is 15.0 Å². The minimum atomic E-state index is -4.57. The van der Waals surface area contributed by atoms with Crippen LogP contribution in [0, 0.1) is 0 Å². The molecule has 0 aliphatic carbocycles. The van der Waals surface area contributed by atoms with E-state index in [0.29, 0.717) is 0 Å². The lowest BCUT2D eigenvalue weighted by Crippen LogP contribution is -2.44. The summed E-state index contributed by atoms with van der Waals surface area (Å²) < 4.78 is 43.6. The summed E-state index contributed by atoms with van der Waals surface area (Å²) in [6, 6.07) is 4.60. The summed E-state index contributed by atoms with van der Waals surface area (Å²) in [5, 5.41) is 2.64. The van der Waals surface area contributed by atoms with Crippen LogP contribution in [0.15, 0.2) is 24.3 Å². The second kappa shape index (κ2) is 8.56. The number of nitrogens with one attached hydrogen (secondary N) is 1. The molecule has 1 rings (SSSR count). The van der Waals surface area contributed by atoms with Crippen molar-refractivity contribution in [2.75, 3.05) is 19.7 Å². The van der Waals surface area contributed by atoms with Crippen molar-refractivity contribution in [1.82, 2.24) is 10.2 Å². The molecular weight excluding hydrogens is 325 g/mol. The van der Waals surface area contributed by atoms with Crippen LogP contribution in [-0.2, 0) is 15.8 Å². The molecule has 1 aromatic rings. The first kappa shape index (κ1) is 19.8. The fraction of sp³-hybridized carbons (Fsp3) is 0.500. The Labute approximate surface area is 138 Å². The molecule has 0 spiro atoms. The molecule has 134 valence electrons. The molecule has 5 nitrogen and oxygen atoms in total. The standard InChI is InChI=1S/C16H21F3N2O3/c1-4-21(9-14(22)20-11(2)3)15(23)10-24-13-8-6-5-7-12(13)16(17,18)19/h5-8,11H,4,9-10H2,1-3H3,(H,20,22). The normalized spacial score (nSPS) is 11.3. The predicted molar refractivity (Wildman–Crippen MR) is 82.5 cm³/mol. The van der Waals surface area contributed by atoms with E-state index in [1.807, 2.05) is 0 Å². The summed E-state index contributed by atoms with van der Waals surface area (Å²) in [7, 11) is 0. The Kier molecular flexibility index (Phi) is 7.06. The third-order valence-electron chi connectivity index (χ3n) is 3.06. The Hall–Kier alpha value is -2.25. The van der Waals surface area contributed by atoms with Crippen LogP contribution in [0.1, 0.15) is 26.3 Å². The molecule has 0 bridgehead atoms. The molecule has 0 aliphatic heterocycles. The molecule has 8 heteroatoms. The maximum absolute atomic E-state index is 12.9. The van der Waals surface area contributed by atoms with Crippen LogP contribution >= 0.6 is 0 Å². The lowest BCUT2D eigenvalue weighted by atomic mass is 10.2. The summed E-state index contributed by atoms with van der Waals surface area (Å²) in [6.45, 7) is 4.74. The molecule has 0 fully saturated rings. The maximum Gasteiger partial charge on any atom is 0.419 e. The largest absolute Gasteiger partial charge is 0.483 e. The van der Waals surface area contributed by atoms with Crippen LogP contribution in [0.2, 0.25) is 0 Å². The van der Waals surface area contributed by atoms with Crippen molar-refractivity contribution >= 4 is 11.8 Å². The number of rotatable bonds is 7. The number of halogens is 3. The number of likely N-dealkylation sites (N-methyl/N-ethyl adjacent to an activating group) is 1. The van der Waals surface area contributed by atoms with Crippen LogP contribution in [0.5, 0.6) is 5.75 Å². The molecule has 0 heterocycles. The molecular formula is C16H21F3N2O3. The van der Waals surface area contributed by atoms with Gasteiger partial charge in [-0.25, -0.2) is 0 Å². The zero-order chi connectivity index (χ0) is 18.3. The molecule has 0 saturated carbocycles. The van der Waals surface area contributed by atoms with Gasteiger partial charge in [-0.1, -0.05) is 12.1 Å². The van der Waals surface area contributed by atoms with E-state index >= 15 is 0 Å². The van der Waals surface area contributed by atoms with Crippen molar-refractivity contribution in [3.05, 3.63) is 29.8 Å². The second-order valence-corrected chi connectivity index (χ2v) is 5.41. The minimum absolute atomic E-state index is 0.0683. The van der Waals surface area contributed by atoms with Crippen molar-refractivity contribution in [3.8, 4) is 5.75 Å². The first-order valence-electron chi connectivity index (χ1n) is 7.51. The van der Waals surface area contributed by atoms with Gasteiger partial charge in [0.25, 0.3) is 5.91 Å². The smallest absolute Gasteiger partial charge is 0.419 e. The first-order valence-corrected chi connectivity index (χ1v) is 7.51. The molecule has 24 heavy (non-hydrogen) atoms. The number of para-hydroxylation sites is 1. The van der Waals surface area contributed by atoms with Crippen LogP contribution in [-0.4, -0.2) is 42.5 Å². The molecule has 0 atom stereocenters. The van der Waals surface area contributed by atoms with E-state index in [4.69, 9.17) is 4.74 Å². The highest BCUT2D eigenvalue weighted by Crippen LogP contribution is 2.35. The number of benzene rings is 1. The number of alkyl halides is 3. The monoisotopic (exact) mass is 346 g/mol. The van der Waals surface area contributed by atoms with Gasteiger partial charge in [0, 0.05) is 12.6 Å². The van der Waals surface area contributed by atoms with Crippen molar-refractivity contribution < 1.29 is 27.5 Å². The van der Waals surface area contributed by atoms with Gasteiger partial charge in [-0.3, -0.25) is 9.59 Å². The summed E-state index contributed by atoms with van der Waals surface area (Å²) in [5.74, 6) is -1.31.